The second kappa shape index (κ2) is 5.52. The number of alkyl halides is 4. The van der Waals surface area contributed by atoms with Crippen LogP contribution in [0.2, 0.25) is 0 Å². The average Bonchev–Trinajstić information content (AvgIpc) is 2.38. The molecule has 0 unspecified atom stereocenters. The van der Waals surface area contributed by atoms with Crippen LogP contribution in [0.1, 0.15) is 42.7 Å². The molecule has 1 aromatic carbocycles. The third-order valence-electron chi connectivity index (χ3n) is 3.80. The van der Waals surface area contributed by atoms with Crippen LogP contribution < -0.4 is 0 Å². The molecule has 0 nitrogen and oxygen atoms in total. The summed E-state index contributed by atoms with van der Waals surface area (Å²) in [6.45, 7) is 0. The van der Waals surface area contributed by atoms with Gasteiger partial charge in [0, 0.05) is 5.88 Å². The standard InChI is InChI=1S/C14H16ClF3/c15-9-10-1-3-11(4-2-10)12-5-7-13(8-6-12)14(16,17)18/h1-4,12-13H,5-9H2/t12-,13-. The van der Waals surface area contributed by atoms with Crippen molar-refractivity contribution in [2.24, 2.45) is 5.92 Å². The molecule has 4 heteroatoms. The number of benzene rings is 1. The fraction of sp³-hybridized carbons (Fsp3) is 0.571. The molecule has 100 valence electrons. The molecule has 0 aromatic heterocycles. The van der Waals surface area contributed by atoms with E-state index in [1.54, 1.807) is 0 Å². The van der Waals surface area contributed by atoms with Gasteiger partial charge in [0.05, 0.1) is 5.92 Å². The molecule has 1 saturated carbocycles. The first-order chi connectivity index (χ1) is 8.50. The second-order valence-corrected chi connectivity index (χ2v) is 5.23. The van der Waals surface area contributed by atoms with Crippen LogP contribution in [0.5, 0.6) is 0 Å². The smallest absolute Gasteiger partial charge is 0.171 e. The van der Waals surface area contributed by atoms with Gasteiger partial charge < -0.3 is 0 Å². The summed E-state index contributed by atoms with van der Waals surface area (Å²) in [6, 6.07) is 7.91. The van der Waals surface area contributed by atoms with Crippen molar-refractivity contribution in [3.05, 3.63) is 35.4 Å². The Morgan fingerprint density at radius 1 is 1.00 bits per heavy atom. The summed E-state index contributed by atoms with van der Waals surface area (Å²) in [4.78, 5) is 0. The number of hydrogen-bond acceptors (Lipinski definition) is 0. The zero-order chi connectivity index (χ0) is 13.2. The van der Waals surface area contributed by atoms with E-state index in [-0.39, 0.29) is 18.8 Å². The van der Waals surface area contributed by atoms with Gasteiger partial charge in [0.2, 0.25) is 0 Å². The fourth-order valence-electron chi connectivity index (χ4n) is 2.63. The molecular formula is C14H16ClF3. The van der Waals surface area contributed by atoms with Gasteiger partial charge in [-0.1, -0.05) is 24.3 Å². The molecular weight excluding hydrogens is 261 g/mol. The zero-order valence-corrected chi connectivity index (χ0v) is 10.8. The van der Waals surface area contributed by atoms with E-state index in [9.17, 15) is 13.2 Å². The molecule has 0 radical (unpaired) electrons. The van der Waals surface area contributed by atoms with Crippen molar-refractivity contribution in [1.29, 1.82) is 0 Å². The van der Waals surface area contributed by atoms with Crippen molar-refractivity contribution in [3.63, 3.8) is 0 Å². The first kappa shape index (κ1) is 13.7. The van der Waals surface area contributed by atoms with E-state index in [0.717, 1.165) is 11.1 Å². The summed E-state index contributed by atoms with van der Waals surface area (Å²) in [7, 11) is 0. The van der Waals surface area contributed by atoms with Crippen molar-refractivity contribution < 1.29 is 13.2 Å². The first-order valence-corrected chi connectivity index (χ1v) is 6.75. The van der Waals surface area contributed by atoms with Crippen molar-refractivity contribution >= 4 is 11.6 Å². The summed E-state index contributed by atoms with van der Waals surface area (Å²) < 4.78 is 37.7. The predicted octanol–water partition coefficient (Wildman–Crippen LogP) is 5.26. The third kappa shape index (κ3) is 3.19. The molecule has 1 aliphatic carbocycles. The molecule has 0 amide bonds. The Hall–Kier alpha value is -0.700. The van der Waals surface area contributed by atoms with Gasteiger partial charge in [-0.3, -0.25) is 0 Å². The van der Waals surface area contributed by atoms with Crippen molar-refractivity contribution in [2.45, 2.75) is 43.7 Å². The molecule has 0 aliphatic heterocycles. The van der Waals surface area contributed by atoms with Gasteiger partial charge in [-0.15, -0.1) is 11.6 Å². The maximum absolute atomic E-state index is 12.6. The quantitative estimate of drug-likeness (QED) is 0.646. The molecule has 0 atom stereocenters. The van der Waals surface area contributed by atoms with E-state index in [1.165, 1.54) is 0 Å². The van der Waals surface area contributed by atoms with Crippen LogP contribution in [0.3, 0.4) is 0 Å². The fourth-order valence-corrected chi connectivity index (χ4v) is 2.81. The van der Waals surface area contributed by atoms with Crippen LogP contribution >= 0.6 is 11.6 Å². The molecule has 1 fully saturated rings. The van der Waals surface area contributed by atoms with Crippen LogP contribution in [0.25, 0.3) is 0 Å². The molecule has 0 bridgehead atoms. The summed E-state index contributed by atoms with van der Waals surface area (Å²) in [5, 5.41) is 0. The second-order valence-electron chi connectivity index (χ2n) is 4.97. The van der Waals surface area contributed by atoms with Gasteiger partial charge in [-0.2, -0.15) is 13.2 Å². The molecule has 0 spiro atoms. The van der Waals surface area contributed by atoms with Crippen LogP contribution in [-0.2, 0) is 5.88 Å². The SMILES string of the molecule is FC(F)(F)[C@H]1CC[C@H](c2ccc(CCl)cc2)CC1. The Balaban J connectivity index is 1.96. The van der Waals surface area contributed by atoms with Crippen molar-refractivity contribution in [3.8, 4) is 0 Å². The molecule has 2 rings (SSSR count). The summed E-state index contributed by atoms with van der Waals surface area (Å²) >= 11 is 5.71. The Bertz CT molecular complexity index is 375. The van der Waals surface area contributed by atoms with E-state index in [2.05, 4.69) is 0 Å². The van der Waals surface area contributed by atoms with Crippen LogP contribution in [-0.4, -0.2) is 6.18 Å². The van der Waals surface area contributed by atoms with Gasteiger partial charge in [-0.25, -0.2) is 0 Å². The van der Waals surface area contributed by atoms with E-state index < -0.39 is 12.1 Å². The molecule has 1 aromatic rings. The lowest BCUT2D eigenvalue weighted by molar-refractivity contribution is -0.182. The van der Waals surface area contributed by atoms with Gasteiger partial charge in [-0.05, 0) is 42.7 Å². The molecule has 18 heavy (non-hydrogen) atoms. The maximum atomic E-state index is 12.6. The van der Waals surface area contributed by atoms with Gasteiger partial charge in [0.25, 0.3) is 0 Å². The minimum absolute atomic E-state index is 0.255. The van der Waals surface area contributed by atoms with E-state index in [4.69, 9.17) is 11.6 Å². The maximum Gasteiger partial charge on any atom is 0.391 e. The number of rotatable bonds is 2. The normalized spacial score (nSPS) is 25.1. The highest BCUT2D eigenvalue weighted by Crippen LogP contribution is 2.42. The molecule has 0 saturated heterocycles. The van der Waals surface area contributed by atoms with Crippen LogP contribution in [0.4, 0.5) is 13.2 Å². The largest absolute Gasteiger partial charge is 0.391 e. The predicted molar refractivity (Wildman–Crippen MR) is 66.8 cm³/mol. The lowest BCUT2D eigenvalue weighted by atomic mass is 9.78. The first-order valence-electron chi connectivity index (χ1n) is 6.22. The molecule has 1 aliphatic rings. The minimum atomic E-state index is -4.02. The van der Waals surface area contributed by atoms with Gasteiger partial charge >= 0.3 is 6.18 Å². The number of halogens is 4. The highest BCUT2D eigenvalue weighted by Gasteiger charge is 2.41. The zero-order valence-electron chi connectivity index (χ0n) is 10.0. The van der Waals surface area contributed by atoms with E-state index in [1.807, 2.05) is 24.3 Å². The Morgan fingerprint density at radius 2 is 1.56 bits per heavy atom. The summed E-state index contributed by atoms with van der Waals surface area (Å²) in [6.07, 6.45) is -2.25. The topological polar surface area (TPSA) is 0 Å². The monoisotopic (exact) mass is 276 g/mol. The summed E-state index contributed by atoms with van der Waals surface area (Å²) in [5.41, 5.74) is 2.19. The summed E-state index contributed by atoms with van der Waals surface area (Å²) in [5.74, 6) is -0.356. The molecule has 0 N–H and O–H groups in total. The Kier molecular flexibility index (Phi) is 4.21. The average molecular weight is 277 g/mol. The lowest BCUT2D eigenvalue weighted by Gasteiger charge is -2.30. The minimum Gasteiger partial charge on any atom is -0.171 e. The lowest BCUT2D eigenvalue weighted by Crippen LogP contribution is -2.27. The van der Waals surface area contributed by atoms with Crippen molar-refractivity contribution in [1.82, 2.24) is 0 Å². The van der Waals surface area contributed by atoms with Gasteiger partial charge in [0.15, 0.2) is 0 Å². The Morgan fingerprint density at radius 3 is 2.00 bits per heavy atom. The van der Waals surface area contributed by atoms with Crippen LogP contribution in [0, 0.1) is 5.92 Å². The highest BCUT2D eigenvalue weighted by molar-refractivity contribution is 6.17. The van der Waals surface area contributed by atoms with Crippen molar-refractivity contribution in [2.75, 3.05) is 0 Å². The van der Waals surface area contributed by atoms with Gasteiger partial charge in [0.1, 0.15) is 0 Å². The third-order valence-corrected chi connectivity index (χ3v) is 4.10. The number of hydrogen-bond donors (Lipinski definition) is 0. The molecule has 0 heterocycles. The Labute approximate surface area is 110 Å². The van der Waals surface area contributed by atoms with Crippen LogP contribution in [0.15, 0.2) is 24.3 Å². The van der Waals surface area contributed by atoms with E-state index in [0.29, 0.717) is 18.7 Å². The highest BCUT2D eigenvalue weighted by atomic mass is 35.5. The van der Waals surface area contributed by atoms with E-state index >= 15 is 0 Å².